The summed E-state index contributed by atoms with van der Waals surface area (Å²) >= 11 is 0. The Morgan fingerprint density at radius 2 is 0.847 bits per heavy atom. The van der Waals surface area contributed by atoms with E-state index < -0.39 is 49.5 Å². The van der Waals surface area contributed by atoms with Crippen molar-refractivity contribution < 1.29 is 39.8 Å². The molecule has 7 unspecified atom stereocenters. The smallest absolute Gasteiger partial charge is 0.220 e. The molecular formula is C50H99NO8. The van der Waals surface area contributed by atoms with E-state index in [0.717, 1.165) is 38.5 Å². The molecule has 0 saturated carbocycles. The van der Waals surface area contributed by atoms with E-state index in [2.05, 4.69) is 19.2 Å². The van der Waals surface area contributed by atoms with Crippen molar-refractivity contribution in [2.24, 2.45) is 0 Å². The number of unbranched alkanes of at least 4 members (excludes halogenated alkanes) is 34. The number of carbonyl (C=O) groups is 1. The van der Waals surface area contributed by atoms with Gasteiger partial charge in [-0.05, 0) is 12.8 Å². The van der Waals surface area contributed by atoms with Crippen LogP contribution in [0.25, 0.3) is 0 Å². The Bertz CT molecular complexity index is 893. The summed E-state index contributed by atoms with van der Waals surface area (Å²) < 4.78 is 11.3. The molecule has 7 atom stereocenters. The van der Waals surface area contributed by atoms with Gasteiger partial charge in [-0.1, -0.05) is 239 Å². The van der Waals surface area contributed by atoms with Crippen LogP contribution < -0.4 is 5.32 Å². The predicted molar refractivity (Wildman–Crippen MR) is 244 cm³/mol. The molecule has 6 N–H and O–H groups in total. The molecule has 352 valence electrons. The van der Waals surface area contributed by atoms with Gasteiger partial charge in [0, 0.05) is 6.42 Å². The van der Waals surface area contributed by atoms with Gasteiger partial charge in [-0.25, -0.2) is 0 Å². The molecule has 0 bridgehead atoms. The molecule has 0 aliphatic carbocycles. The third-order valence-corrected chi connectivity index (χ3v) is 12.7. The van der Waals surface area contributed by atoms with Crippen molar-refractivity contribution in [1.82, 2.24) is 5.32 Å². The van der Waals surface area contributed by atoms with Gasteiger partial charge in [-0.15, -0.1) is 0 Å². The van der Waals surface area contributed by atoms with Crippen LogP contribution in [0.1, 0.15) is 258 Å². The van der Waals surface area contributed by atoms with Crippen LogP contribution >= 0.6 is 0 Å². The third-order valence-electron chi connectivity index (χ3n) is 12.7. The van der Waals surface area contributed by atoms with Crippen LogP contribution in [0.2, 0.25) is 0 Å². The van der Waals surface area contributed by atoms with E-state index in [1.807, 2.05) is 0 Å². The molecule has 0 radical (unpaired) electrons. The van der Waals surface area contributed by atoms with Crippen LogP contribution in [0.3, 0.4) is 0 Å². The predicted octanol–water partition coefficient (Wildman–Crippen LogP) is 11.5. The average Bonchev–Trinajstić information content (AvgIpc) is 3.23. The number of carbonyl (C=O) groups excluding carboxylic acids is 1. The van der Waals surface area contributed by atoms with Crippen LogP contribution in [0.5, 0.6) is 0 Å². The Kier molecular flexibility index (Phi) is 39.3. The number of aliphatic hydroxyl groups is 5. The molecule has 1 saturated heterocycles. The number of hydrogen-bond donors (Lipinski definition) is 6. The molecule has 0 aromatic heterocycles. The molecular weight excluding hydrogens is 743 g/mol. The topological polar surface area (TPSA) is 149 Å². The minimum Gasteiger partial charge on any atom is -0.394 e. The summed E-state index contributed by atoms with van der Waals surface area (Å²) in [7, 11) is 0. The molecule has 59 heavy (non-hydrogen) atoms. The van der Waals surface area contributed by atoms with Crippen molar-refractivity contribution in [1.29, 1.82) is 0 Å². The summed E-state index contributed by atoms with van der Waals surface area (Å²) in [6.07, 6.45) is 39.8. The minimum absolute atomic E-state index is 0.132. The first-order chi connectivity index (χ1) is 28.8. The zero-order chi connectivity index (χ0) is 43.0. The van der Waals surface area contributed by atoms with Gasteiger partial charge in [0.05, 0.1) is 25.4 Å². The largest absolute Gasteiger partial charge is 0.394 e. The van der Waals surface area contributed by atoms with Gasteiger partial charge in [0.2, 0.25) is 5.91 Å². The Hall–Kier alpha value is -0.810. The Morgan fingerprint density at radius 1 is 0.508 bits per heavy atom. The van der Waals surface area contributed by atoms with Gasteiger partial charge >= 0.3 is 0 Å². The van der Waals surface area contributed by atoms with Gasteiger partial charge < -0.3 is 40.3 Å². The lowest BCUT2D eigenvalue weighted by atomic mass is 9.99. The summed E-state index contributed by atoms with van der Waals surface area (Å²) in [5.41, 5.74) is 0. The van der Waals surface area contributed by atoms with Gasteiger partial charge in [0.15, 0.2) is 6.29 Å². The van der Waals surface area contributed by atoms with E-state index in [0.29, 0.717) is 12.8 Å². The standard InChI is InChI=1S/C50H99NO8/c1-3-5-7-9-11-13-15-17-18-19-20-21-22-23-24-25-26-27-28-30-32-34-36-38-40-46(54)51-43(42-58-50-49(57)48(56)47(55)45(41-52)59-50)44(53)39-37-35-33-31-29-16-14-12-10-8-6-4-2/h43-45,47-50,52-53,55-57H,3-42H2,1-2H3,(H,51,54). The summed E-state index contributed by atoms with van der Waals surface area (Å²) in [6.45, 7) is 3.86. The van der Waals surface area contributed by atoms with Crippen molar-refractivity contribution in [2.45, 2.75) is 301 Å². The van der Waals surface area contributed by atoms with Crippen molar-refractivity contribution in [3.05, 3.63) is 0 Å². The first kappa shape index (κ1) is 56.2. The zero-order valence-electron chi connectivity index (χ0n) is 38.8. The molecule has 0 aromatic rings. The highest BCUT2D eigenvalue weighted by atomic mass is 16.7. The fourth-order valence-electron chi connectivity index (χ4n) is 8.58. The van der Waals surface area contributed by atoms with E-state index in [-0.39, 0.29) is 12.5 Å². The number of ether oxygens (including phenoxy) is 2. The SMILES string of the molecule is CCCCCCCCCCCCCCCCCCCCCCCCCCC(=O)NC(COC1OC(CO)C(O)C(O)C1O)C(O)CCCCCCCCCCCCCC. The summed E-state index contributed by atoms with van der Waals surface area (Å²) in [5, 5.41) is 54.4. The van der Waals surface area contributed by atoms with Gasteiger partial charge in [0.25, 0.3) is 0 Å². The van der Waals surface area contributed by atoms with E-state index in [1.165, 1.54) is 193 Å². The molecule has 1 aliphatic heterocycles. The molecule has 1 amide bonds. The molecule has 1 aliphatic rings. The van der Waals surface area contributed by atoms with Crippen molar-refractivity contribution in [3.63, 3.8) is 0 Å². The van der Waals surface area contributed by atoms with Crippen LogP contribution in [0.15, 0.2) is 0 Å². The van der Waals surface area contributed by atoms with Crippen LogP contribution in [-0.2, 0) is 14.3 Å². The number of aliphatic hydroxyl groups excluding tert-OH is 5. The monoisotopic (exact) mass is 842 g/mol. The second-order valence-electron chi connectivity index (χ2n) is 18.3. The van der Waals surface area contributed by atoms with Crippen molar-refractivity contribution in [3.8, 4) is 0 Å². The second kappa shape index (κ2) is 41.2. The first-order valence-corrected chi connectivity index (χ1v) is 25.7. The molecule has 9 nitrogen and oxygen atoms in total. The maximum absolute atomic E-state index is 13.0. The zero-order valence-corrected chi connectivity index (χ0v) is 38.8. The van der Waals surface area contributed by atoms with Crippen LogP contribution in [-0.4, -0.2) is 87.5 Å². The maximum Gasteiger partial charge on any atom is 0.220 e. The molecule has 1 fully saturated rings. The number of rotatable bonds is 44. The molecule has 0 aromatic carbocycles. The lowest BCUT2D eigenvalue weighted by Crippen LogP contribution is -2.60. The van der Waals surface area contributed by atoms with Crippen LogP contribution in [0, 0.1) is 0 Å². The summed E-state index contributed by atoms with van der Waals surface area (Å²) in [4.78, 5) is 13.0. The van der Waals surface area contributed by atoms with E-state index in [1.54, 1.807) is 0 Å². The quantitative estimate of drug-likeness (QED) is 0.0332. The summed E-state index contributed by atoms with van der Waals surface area (Å²) in [6, 6.07) is -0.711. The molecule has 1 heterocycles. The lowest BCUT2D eigenvalue weighted by molar-refractivity contribution is -0.302. The molecule has 1 rings (SSSR count). The highest BCUT2D eigenvalue weighted by Gasteiger charge is 2.44. The molecule has 9 heteroatoms. The average molecular weight is 842 g/mol. The van der Waals surface area contributed by atoms with E-state index in [4.69, 9.17) is 9.47 Å². The minimum atomic E-state index is -1.55. The highest BCUT2D eigenvalue weighted by Crippen LogP contribution is 2.23. The van der Waals surface area contributed by atoms with Crippen molar-refractivity contribution >= 4 is 5.91 Å². The Morgan fingerprint density at radius 3 is 1.20 bits per heavy atom. The van der Waals surface area contributed by atoms with Gasteiger partial charge in [-0.3, -0.25) is 4.79 Å². The fourth-order valence-corrected chi connectivity index (χ4v) is 8.58. The fraction of sp³-hybridized carbons (Fsp3) is 0.980. The number of nitrogens with one attached hydrogen (secondary N) is 1. The van der Waals surface area contributed by atoms with Crippen LogP contribution in [0.4, 0.5) is 0 Å². The van der Waals surface area contributed by atoms with E-state index >= 15 is 0 Å². The normalized spacial score (nSPS) is 20.6. The summed E-state index contributed by atoms with van der Waals surface area (Å²) in [5.74, 6) is -0.139. The maximum atomic E-state index is 13.0. The number of amides is 1. The first-order valence-electron chi connectivity index (χ1n) is 25.7. The van der Waals surface area contributed by atoms with E-state index in [9.17, 15) is 30.3 Å². The highest BCUT2D eigenvalue weighted by molar-refractivity contribution is 5.76. The van der Waals surface area contributed by atoms with Gasteiger partial charge in [0.1, 0.15) is 24.4 Å². The lowest BCUT2D eigenvalue weighted by Gasteiger charge is -2.40. The second-order valence-corrected chi connectivity index (χ2v) is 18.3. The van der Waals surface area contributed by atoms with Gasteiger partial charge in [-0.2, -0.15) is 0 Å². The number of hydrogen-bond acceptors (Lipinski definition) is 8. The Labute approximate surface area is 364 Å². The Balaban J connectivity index is 2.19. The third kappa shape index (κ3) is 31.6. The van der Waals surface area contributed by atoms with Crippen molar-refractivity contribution in [2.75, 3.05) is 13.2 Å². The molecule has 0 spiro atoms.